The van der Waals surface area contributed by atoms with Crippen LogP contribution in [0.15, 0.2) is 42.5 Å². The third-order valence-electron chi connectivity index (χ3n) is 1.78. The molecule has 0 aliphatic rings. The molecular formula is C12H16O. The Balaban J connectivity index is 2.23. The van der Waals surface area contributed by atoms with Gasteiger partial charge in [0.25, 0.3) is 0 Å². The lowest BCUT2D eigenvalue weighted by Crippen LogP contribution is -1.88. The second kappa shape index (κ2) is 6.44. The number of allylic oxidation sites excluding steroid dienone is 1. The van der Waals surface area contributed by atoms with Gasteiger partial charge in [0.1, 0.15) is 0 Å². The fourth-order valence-corrected chi connectivity index (χ4v) is 1.09. The highest BCUT2D eigenvalue weighted by Crippen LogP contribution is 1.99. The summed E-state index contributed by atoms with van der Waals surface area (Å²) in [5.41, 5.74) is 1.34. The Morgan fingerprint density at radius 3 is 2.62 bits per heavy atom. The Morgan fingerprint density at radius 1 is 1.15 bits per heavy atom. The normalized spacial score (nSPS) is 10.8. The highest BCUT2D eigenvalue weighted by molar-refractivity contribution is 5.17. The van der Waals surface area contributed by atoms with E-state index in [-0.39, 0.29) is 0 Å². The van der Waals surface area contributed by atoms with Crippen LogP contribution in [0.25, 0.3) is 0 Å². The van der Waals surface area contributed by atoms with Crippen molar-refractivity contribution < 1.29 is 4.74 Å². The van der Waals surface area contributed by atoms with Crippen LogP contribution < -0.4 is 0 Å². The van der Waals surface area contributed by atoms with Gasteiger partial charge in [0, 0.05) is 6.61 Å². The van der Waals surface area contributed by atoms with E-state index >= 15 is 0 Å². The molecule has 70 valence electrons. The van der Waals surface area contributed by atoms with Crippen LogP contribution in [0, 0.1) is 0 Å². The Labute approximate surface area is 80.0 Å². The summed E-state index contributed by atoms with van der Waals surface area (Å²) >= 11 is 0. The third kappa shape index (κ3) is 4.48. The molecule has 0 saturated heterocycles. The van der Waals surface area contributed by atoms with Crippen LogP contribution in [-0.2, 0) is 11.2 Å². The maximum absolute atomic E-state index is 5.18. The predicted octanol–water partition coefficient (Wildman–Crippen LogP) is 2.82. The minimum atomic E-state index is 0.726. The smallest absolute Gasteiger partial charge is 0.0647 e. The van der Waals surface area contributed by atoms with Crippen molar-refractivity contribution in [1.82, 2.24) is 0 Å². The second-order valence-corrected chi connectivity index (χ2v) is 2.82. The molecule has 0 amide bonds. The number of hydrogen-bond acceptors (Lipinski definition) is 1. The van der Waals surface area contributed by atoms with Gasteiger partial charge in [0.05, 0.1) is 6.61 Å². The quantitative estimate of drug-likeness (QED) is 0.495. The average Bonchev–Trinajstić information content (AvgIpc) is 2.19. The fraction of sp³-hybridized carbons (Fsp3) is 0.333. The minimum Gasteiger partial charge on any atom is -0.378 e. The van der Waals surface area contributed by atoms with E-state index < -0.39 is 0 Å². The zero-order valence-corrected chi connectivity index (χ0v) is 8.07. The summed E-state index contributed by atoms with van der Waals surface area (Å²) in [5.74, 6) is 0. The summed E-state index contributed by atoms with van der Waals surface area (Å²) in [4.78, 5) is 0. The summed E-state index contributed by atoms with van der Waals surface area (Å²) in [6.45, 7) is 3.52. The molecule has 0 atom stereocenters. The Bertz CT molecular complexity index is 239. The Kier molecular flexibility index (Phi) is 4.95. The van der Waals surface area contributed by atoms with Crippen LogP contribution in [-0.4, -0.2) is 13.2 Å². The predicted molar refractivity (Wildman–Crippen MR) is 55.8 cm³/mol. The lowest BCUT2D eigenvalue weighted by molar-refractivity contribution is 0.177. The monoisotopic (exact) mass is 176 g/mol. The summed E-state index contributed by atoms with van der Waals surface area (Å²) in [7, 11) is 0. The van der Waals surface area contributed by atoms with Gasteiger partial charge in [-0.25, -0.2) is 0 Å². The van der Waals surface area contributed by atoms with Gasteiger partial charge in [-0.05, 0) is 18.9 Å². The molecule has 0 heterocycles. The third-order valence-corrected chi connectivity index (χ3v) is 1.78. The SMILES string of the molecule is CCOCC=CCc1ccccc1. The molecule has 0 saturated carbocycles. The summed E-state index contributed by atoms with van der Waals surface area (Å²) in [6.07, 6.45) is 5.20. The average molecular weight is 176 g/mol. The van der Waals surface area contributed by atoms with Crippen molar-refractivity contribution in [2.75, 3.05) is 13.2 Å². The first-order valence-corrected chi connectivity index (χ1v) is 4.70. The molecule has 0 radical (unpaired) electrons. The number of benzene rings is 1. The van der Waals surface area contributed by atoms with Crippen LogP contribution in [0.3, 0.4) is 0 Å². The van der Waals surface area contributed by atoms with Crippen LogP contribution in [0.5, 0.6) is 0 Å². The van der Waals surface area contributed by atoms with Crippen LogP contribution >= 0.6 is 0 Å². The summed E-state index contributed by atoms with van der Waals surface area (Å²) < 4.78 is 5.18. The van der Waals surface area contributed by atoms with E-state index in [9.17, 15) is 0 Å². The van der Waals surface area contributed by atoms with E-state index in [2.05, 4.69) is 36.4 Å². The largest absolute Gasteiger partial charge is 0.378 e. The second-order valence-electron chi connectivity index (χ2n) is 2.82. The topological polar surface area (TPSA) is 9.23 Å². The molecule has 0 fully saturated rings. The molecule has 1 heteroatoms. The van der Waals surface area contributed by atoms with Crippen molar-refractivity contribution in [2.24, 2.45) is 0 Å². The number of rotatable bonds is 5. The molecule has 1 aromatic carbocycles. The molecule has 13 heavy (non-hydrogen) atoms. The summed E-state index contributed by atoms with van der Waals surface area (Å²) in [5, 5.41) is 0. The number of hydrogen-bond donors (Lipinski definition) is 0. The molecule has 0 spiro atoms. The van der Waals surface area contributed by atoms with Gasteiger partial charge in [-0.3, -0.25) is 0 Å². The van der Waals surface area contributed by atoms with Crippen LogP contribution in [0.1, 0.15) is 12.5 Å². The highest BCUT2D eigenvalue weighted by atomic mass is 16.5. The lowest BCUT2D eigenvalue weighted by Gasteiger charge is -1.95. The van der Waals surface area contributed by atoms with Gasteiger partial charge >= 0.3 is 0 Å². The molecule has 1 rings (SSSR count). The highest BCUT2D eigenvalue weighted by Gasteiger charge is 1.84. The molecule has 0 bridgehead atoms. The Morgan fingerprint density at radius 2 is 1.92 bits per heavy atom. The van der Waals surface area contributed by atoms with E-state index in [4.69, 9.17) is 4.74 Å². The van der Waals surface area contributed by atoms with Crippen LogP contribution in [0.2, 0.25) is 0 Å². The van der Waals surface area contributed by atoms with Crippen molar-refractivity contribution in [1.29, 1.82) is 0 Å². The standard InChI is InChI=1S/C12H16O/c1-2-13-11-7-6-10-12-8-4-3-5-9-12/h3-9H,2,10-11H2,1H3. The van der Waals surface area contributed by atoms with Crippen molar-refractivity contribution in [3.8, 4) is 0 Å². The molecule has 0 N–H and O–H groups in total. The first-order valence-electron chi connectivity index (χ1n) is 4.70. The van der Waals surface area contributed by atoms with E-state index in [0.717, 1.165) is 19.6 Å². The summed E-state index contributed by atoms with van der Waals surface area (Å²) in [6, 6.07) is 10.4. The van der Waals surface area contributed by atoms with E-state index in [1.54, 1.807) is 0 Å². The van der Waals surface area contributed by atoms with E-state index in [1.807, 2.05) is 13.0 Å². The van der Waals surface area contributed by atoms with Crippen molar-refractivity contribution in [3.05, 3.63) is 48.0 Å². The van der Waals surface area contributed by atoms with Gasteiger partial charge in [0.2, 0.25) is 0 Å². The molecular weight excluding hydrogens is 160 g/mol. The van der Waals surface area contributed by atoms with Gasteiger partial charge < -0.3 is 4.74 Å². The van der Waals surface area contributed by atoms with Gasteiger partial charge in [-0.1, -0.05) is 42.5 Å². The molecule has 0 unspecified atom stereocenters. The van der Waals surface area contributed by atoms with Crippen molar-refractivity contribution >= 4 is 0 Å². The first-order chi connectivity index (χ1) is 6.43. The minimum absolute atomic E-state index is 0.726. The van der Waals surface area contributed by atoms with Crippen molar-refractivity contribution in [2.45, 2.75) is 13.3 Å². The van der Waals surface area contributed by atoms with Gasteiger partial charge in [-0.2, -0.15) is 0 Å². The molecule has 1 nitrogen and oxygen atoms in total. The van der Waals surface area contributed by atoms with E-state index in [1.165, 1.54) is 5.56 Å². The fourth-order valence-electron chi connectivity index (χ4n) is 1.09. The lowest BCUT2D eigenvalue weighted by atomic mass is 10.1. The number of ether oxygens (including phenoxy) is 1. The molecule has 0 aliphatic heterocycles. The Hall–Kier alpha value is -1.08. The first kappa shape index (κ1) is 10.0. The zero-order chi connectivity index (χ0) is 9.36. The zero-order valence-electron chi connectivity index (χ0n) is 8.07. The van der Waals surface area contributed by atoms with Crippen molar-refractivity contribution in [3.63, 3.8) is 0 Å². The van der Waals surface area contributed by atoms with Gasteiger partial charge in [-0.15, -0.1) is 0 Å². The maximum atomic E-state index is 5.18. The molecule has 0 aromatic heterocycles. The molecule has 0 aliphatic carbocycles. The van der Waals surface area contributed by atoms with E-state index in [0.29, 0.717) is 0 Å². The van der Waals surface area contributed by atoms with Crippen LogP contribution in [0.4, 0.5) is 0 Å². The maximum Gasteiger partial charge on any atom is 0.0647 e. The molecule has 1 aromatic rings. The van der Waals surface area contributed by atoms with Gasteiger partial charge in [0.15, 0.2) is 0 Å².